The largest absolute Gasteiger partial charge is 0.484 e. The second-order valence-corrected chi connectivity index (χ2v) is 5.04. The highest BCUT2D eigenvalue weighted by Crippen LogP contribution is 2.18. The van der Waals surface area contributed by atoms with E-state index in [0.29, 0.717) is 5.75 Å². The highest BCUT2D eigenvalue weighted by Gasteiger charge is 2.28. The molecule has 5 nitrogen and oxygen atoms in total. The lowest BCUT2D eigenvalue weighted by atomic mass is 10.1. The van der Waals surface area contributed by atoms with Crippen LogP contribution in [0.4, 0.5) is 0 Å². The molecule has 0 fully saturated rings. The monoisotopic (exact) mass is 265 g/mol. The fourth-order valence-corrected chi connectivity index (χ4v) is 1.54. The predicted molar refractivity (Wildman–Crippen MR) is 71.3 cm³/mol. The summed E-state index contributed by atoms with van der Waals surface area (Å²) >= 11 is 0. The van der Waals surface area contributed by atoms with Gasteiger partial charge in [0.2, 0.25) is 0 Å². The topological polar surface area (TPSA) is 75.6 Å². The summed E-state index contributed by atoms with van der Waals surface area (Å²) in [6, 6.07) is 5.64. The molecule has 0 aliphatic carbocycles. The number of ether oxygens (including phenoxy) is 1. The summed E-state index contributed by atoms with van der Waals surface area (Å²) < 4.78 is 5.37. The number of nitrogens with one attached hydrogen (secondary N) is 1. The lowest BCUT2D eigenvalue weighted by molar-refractivity contribution is -0.146. The van der Waals surface area contributed by atoms with Crippen molar-refractivity contribution >= 4 is 11.9 Å². The molecule has 1 rings (SSSR count). The third-order valence-electron chi connectivity index (χ3n) is 2.68. The van der Waals surface area contributed by atoms with Gasteiger partial charge in [0.05, 0.1) is 0 Å². The van der Waals surface area contributed by atoms with E-state index in [1.54, 1.807) is 6.07 Å². The zero-order valence-electron chi connectivity index (χ0n) is 11.6. The minimum atomic E-state index is -1.30. The number of carbonyl (C=O) groups is 2. The van der Waals surface area contributed by atoms with Crippen LogP contribution in [0, 0.1) is 13.8 Å². The molecule has 1 amide bonds. The molecule has 0 radical (unpaired) electrons. The van der Waals surface area contributed by atoms with Gasteiger partial charge in [-0.05, 0) is 39.3 Å². The average molecular weight is 265 g/mol. The molecule has 0 bridgehead atoms. The van der Waals surface area contributed by atoms with Gasteiger partial charge in [0.25, 0.3) is 5.91 Å². The van der Waals surface area contributed by atoms with E-state index in [4.69, 9.17) is 9.84 Å². The van der Waals surface area contributed by atoms with E-state index in [-0.39, 0.29) is 6.61 Å². The zero-order valence-corrected chi connectivity index (χ0v) is 11.6. The number of carbonyl (C=O) groups excluding carboxylic acids is 1. The van der Waals surface area contributed by atoms with E-state index in [0.717, 1.165) is 11.1 Å². The Balaban J connectivity index is 2.57. The Hall–Kier alpha value is -2.04. The van der Waals surface area contributed by atoms with Gasteiger partial charge in [0.15, 0.2) is 6.61 Å². The van der Waals surface area contributed by atoms with Gasteiger partial charge in [-0.15, -0.1) is 0 Å². The number of rotatable bonds is 5. The molecule has 0 atom stereocenters. The third kappa shape index (κ3) is 4.28. The van der Waals surface area contributed by atoms with Crippen LogP contribution in [0.2, 0.25) is 0 Å². The van der Waals surface area contributed by atoms with E-state index in [9.17, 15) is 9.59 Å². The van der Waals surface area contributed by atoms with Gasteiger partial charge in [0, 0.05) is 0 Å². The summed E-state index contributed by atoms with van der Waals surface area (Å²) in [6.07, 6.45) is 0. The summed E-state index contributed by atoms with van der Waals surface area (Å²) in [6.45, 7) is 6.50. The molecule has 5 heteroatoms. The second kappa shape index (κ2) is 5.73. The maximum absolute atomic E-state index is 11.6. The van der Waals surface area contributed by atoms with Crippen LogP contribution < -0.4 is 10.1 Å². The number of carboxylic acids is 1. The molecule has 0 aliphatic rings. The molecular weight excluding hydrogens is 246 g/mol. The number of carboxylic acid groups (broad SMARTS) is 1. The van der Waals surface area contributed by atoms with Crippen LogP contribution >= 0.6 is 0 Å². The molecule has 0 heterocycles. The quantitative estimate of drug-likeness (QED) is 0.849. The predicted octanol–water partition coefficient (Wildman–Crippen LogP) is 1.66. The van der Waals surface area contributed by atoms with Crippen LogP contribution in [0.1, 0.15) is 25.0 Å². The molecule has 0 aliphatic heterocycles. The van der Waals surface area contributed by atoms with Gasteiger partial charge in [0.1, 0.15) is 11.3 Å². The van der Waals surface area contributed by atoms with Crippen LogP contribution in [0.3, 0.4) is 0 Å². The Morgan fingerprint density at radius 1 is 1.32 bits per heavy atom. The maximum Gasteiger partial charge on any atom is 0.328 e. The van der Waals surface area contributed by atoms with Gasteiger partial charge >= 0.3 is 5.97 Å². The molecule has 2 N–H and O–H groups in total. The fourth-order valence-electron chi connectivity index (χ4n) is 1.54. The molecule has 0 aromatic heterocycles. The molecule has 0 saturated carbocycles. The number of aliphatic carboxylic acids is 1. The van der Waals surface area contributed by atoms with E-state index in [1.165, 1.54) is 13.8 Å². The zero-order chi connectivity index (χ0) is 14.6. The van der Waals surface area contributed by atoms with Crippen LogP contribution in [-0.4, -0.2) is 29.1 Å². The Bertz CT molecular complexity index is 494. The molecule has 0 saturated heterocycles. The highest BCUT2D eigenvalue weighted by atomic mass is 16.5. The van der Waals surface area contributed by atoms with Crippen molar-refractivity contribution < 1.29 is 19.4 Å². The Kier molecular flexibility index (Phi) is 4.53. The van der Waals surface area contributed by atoms with Crippen molar-refractivity contribution in [2.24, 2.45) is 0 Å². The first-order chi connectivity index (χ1) is 8.72. The Labute approximate surface area is 112 Å². The number of benzene rings is 1. The van der Waals surface area contributed by atoms with Crippen molar-refractivity contribution in [3.05, 3.63) is 29.3 Å². The molecule has 0 spiro atoms. The molecule has 1 aromatic rings. The van der Waals surface area contributed by atoms with Gasteiger partial charge < -0.3 is 15.2 Å². The number of hydrogen-bond acceptors (Lipinski definition) is 3. The van der Waals surface area contributed by atoms with Crippen LogP contribution in [-0.2, 0) is 9.59 Å². The number of hydrogen-bond donors (Lipinski definition) is 2. The normalized spacial score (nSPS) is 10.9. The SMILES string of the molecule is Cc1ccc(OCC(=O)NC(C)(C)C(=O)O)c(C)c1. The molecule has 19 heavy (non-hydrogen) atoms. The lowest BCUT2D eigenvalue weighted by Gasteiger charge is -2.21. The van der Waals surface area contributed by atoms with Crippen molar-refractivity contribution in [1.82, 2.24) is 5.32 Å². The molecule has 104 valence electrons. The maximum atomic E-state index is 11.6. The van der Waals surface area contributed by atoms with Gasteiger partial charge in [-0.25, -0.2) is 4.79 Å². The smallest absolute Gasteiger partial charge is 0.328 e. The summed E-state index contributed by atoms with van der Waals surface area (Å²) in [4.78, 5) is 22.5. The summed E-state index contributed by atoms with van der Waals surface area (Å²) in [5.74, 6) is -0.936. The van der Waals surface area contributed by atoms with Crippen LogP contribution in [0.25, 0.3) is 0 Å². The van der Waals surface area contributed by atoms with E-state index >= 15 is 0 Å². The lowest BCUT2D eigenvalue weighted by Crippen LogP contribution is -2.51. The third-order valence-corrected chi connectivity index (χ3v) is 2.68. The first kappa shape index (κ1) is 15.0. The minimum absolute atomic E-state index is 0.208. The fraction of sp³-hybridized carbons (Fsp3) is 0.429. The van der Waals surface area contributed by atoms with Crippen LogP contribution in [0.15, 0.2) is 18.2 Å². The summed E-state index contributed by atoms with van der Waals surface area (Å²) in [5, 5.41) is 11.3. The first-order valence-corrected chi connectivity index (χ1v) is 5.97. The van der Waals surface area contributed by atoms with E-state index in [2.05, 4.69) is 5.32 Å². The van der Waals surface area contributed by atoms with E-state index in [1.807, 2.05) is 26.0 Å². The van der Waals surface area contributed by atoms with Crippen molar-refractivity contribution in [2.75, 3.05) is 6.61 Å². The average Bonchev–Trinajstić information content (AvgIpc) is 2.27. The number of aryl methyl sites for hydroxylation is 2. The van der Waals surface area contributed by atoms with E-state index < -0.39 is 17.4 Å². The first-order valence-electron chi connectivity index (χ1n) is 5.97. The Morgan fingerprint density at radius 2 is 1.95 bits per heavy atom. The summed E-state index contributed by atoms with van der Waals surface area (Å²) in [5.41, 5.74) is 0.745. The number of amides is 1. The second-order valence-electron chi connectivity index (χ2n) is 5.04. The summed E-state index contributed by atoms with van der Waals surface area (Å²) in [7, 11) is 0. The van der Waals surface area contributed by atoms with Gasteiger partial charge in [-0.2, -0.15) is 0 Å². The van der Waals surface area contributed by atoms with Gasteiger partial charge in [-0.1, -0.05) is 17.7 Å². The van der Waals surface area contributed by atoms with Crippen molar-refractivity contribution in [3.8, 4) is 5.75 Å². The van der Waals surface area contributed by atoms with Crippen molar-refractivity contribution in [2.45, 2.75) is 33.2 Å². The van der Waals surface area contributed by atoms with Gasteiger partial charge in [-0.3, -0.25) is 4.79 Å². The highest BCUT2D eigenvalue weighted by molar-refractivity contribution is 5.86. The van der Waals surface area contributed by atoms with Crippen molar-refractivity contribution in [3.63, 3.8) is 0 Å². The minimum Gasteiger partial charge on any atom is -0.484 e. The molecular formula is C14H19NO4. The molecule has 0 unspecified atom stereocenters. The van der Waals surface area contributed by atoms with Crippen molar-refractivity contribution in [1.29, 1.82) is 0 Å². The Morgan fingerprint density at radius 3 is 2.47 bits per heavy atom. The van der Waals surface area contributed by atoms with Crippen LogP contribution in [0.5, 0.6) is 5.75 Å². The molecule has 1 aromatic carbocycles. The standard InChI is InChI=1S/C14H19NO4/c1-9-5-6-11(10(2)7-9)19-8-12(16)15-14(3,4)13(17)18/h5-7H,8H2,1-4H3,(H,15,16)(H,17,18).